The van der Waals surface area contributed by atoms with E-state index in [-0.39, 0.29) is 4.90 Å². The van der Waals surface area contributed by atoms with Gasteiger partial charge >= 0.3 is 0 Å². The summed E-state index contributed by atoms with van der Waals surface area (Å²) >= 11 is 0. The van der Waals surface area contributed by atoms with Crippen LogP contribution in [0.25, 0.3) is 11.3 Å². The van der Waals surface area contributed by atoms with Gasteiger partial charge in [0.15, 0.2) is 0 Å². The molecule has 0 atom stereocenters. The summed E-state index contributed by atoms with van der Waals surface area (Å²) in [4.78, 5) is 8.07. The predicted molar refractivity (Wildman–Crippen MR) is 63.7 cm³/mol. The number of nitrogens with zero attached hydrogens (tertiary/aromatic N) is 2. The molecule has 0 spiro atoms. The number of rotatable bonds is 3. The lowest BCUT2D eigenvalue weighted by Crippen LogP contribution is -2.19. The second-order valence-electron chi connectivity index (χ2n) is 3.30. The average Bonchev–Trinajstić information content (AvgIpc) is 2.40. The average molecular weight is 249 g/mol. The summed E-state index contributed by atoms with van der Waals surface area (Å²) in [6, 6.07) is 8.38. The molecule has 0 aliphatic rings. The Bertz CT molecular complexity index is 612. The number of benzene rings is 1. The fourth-order valence-electron chi connectivity index (χ4n) is 1.47. The first-order chi connectivity index (χ1) is 8.15. The summed E-state index contributed by atoms with van der Waals surface area (Å²) in [6.07, 6.45) is 2.96. The van der Waals surface area contributed by atoms with Crippen LogP contribution in [-0.4, -0.2) is 25.4 Å². The maximum Gasteiger partial charge on any atom is 0.240 e. The normalized spacial score (nSPS) is 11.4. The van der Waals surface area contributed by atoms with Crippen LogP contribution in [-0.2, 0) is 10.0 Å². The van der Waals surface area contributed by atoms with E-state index in [0.717, 1.165) is 0 Å². The standard InChI is InChI=1S/C11H11N3O2S/c1-12-17(15,16)11-5-3-2-4-9(11)10-6-7-13-8-14-10/h2-8,12H,1H3. The summed E-state index contributed by atoms with van der Waals surface area (Å²) in [5.41, 5.74) is 1.14. The second-order valence-corrected chi connectivity index (χ2v) is 5.15. The second kappa shape index (κ2) is 4.60. The Morgan fingerprint density at radius 1 is 1.18 bits per heavy atom. The van der Waals surface area contributed by atoms with E-state index in [2.05, 4.69) is 14.7 Å². The number of sulfonamides is 1. The van der Waals surface area contributed by atoms with Gasteiger partial charge in [0.1, 0.15) is 6.33 Å². The molecule has 0 unspecified atom stereocenters. The number of hydrogen-bond donors (Lipinski definition) is 1. The molecule has 5 nitrogen and oxygen atoms in total. The van der Waals surface area contributed by atoms with Gasteiger partial charge in [-0.05, 0) is 19.2 Å². The zero-order valence-corrected chi connectivity index (χ0v) is 9.98. The molecule has 0 bridgehead atoms. The molecular weight excluding hydrogens is 238 g/mol. The van der Waals surface area contributed by atoms with Crippen LogP contribution in [0.5, 0.6) is 0 Å². The van der Waals surface area contributed by atoms with Crippen molar-refractivity contribution in [3.8, 4) is 11.3 Å². The topological polar surface area (TPSA) is 72.0 Å². The first kappa shape index (κ1) is 11.7. The minimum Gasteiger partial charge on any atom is -0.245 e. The van der Waals surface area contributed by atoms with Gasteiger partial charge < -0.3 is 0 Å². The van der Waals surface area contributed by atoms with Crippen LogP contribution in [0.4, 0.5) is 0 Å². The van der Waals surface area contributed by atoms with Crippen LogP contribution in [0.2, 0.25) is 0 Å². The smallest absolute Gasteiger partial charge is 0.240 e. The Morgan fingerprint density at radius 2 is 1.94 bits per heavy atom. The van der Waals surface area contributed by atoms with Crippen molar-refractivity contribution >= 4 is 10.0 Å². The van der Waals surface area contributed by atoms with E-state index in [1.807, 2.05) is 0 Å². The lowest BCUT2D eigenvalue weighted by Gasteiger charge is -2.08. The fraction of sp³-hybridized carbons (Fsp3) is 0.0909. The van der Waals surface area contributed by atoms with Crippen molar-refractivity contribution in [2.45, 2.75) is 4.90 Å². The highest BCUT2D eigenvalue weighted by molar-refractivity contribution is 7.89. The van der Waals surface area contributed by atoms with E-state index in [0.29, 0.717) is 11.3 Å². The predicted octanol–water partition coefficient (Wildman–Crippen LogP) is 1.05. The molecule has 0 aliphatic heterocycles. The molecule has 0 saturated heterocycles. The molecule has 1 N–H and O–H groups in total. The van der Waals surface area contributed by atoms with Crippen LogP contribution >= 0.6 is 0 Å². The van der Waals surface area contributed by atoms with Crippen LogP contribution < -0.4 is 4.72 Å². The Kier molecular flexibility index (Phi) is 3.16. The van der Waals surface area contributed by atoms with Crippen molar-refractivity contribution in [3.63, 3.8) is 0 Å². The van der Waals surface area contributed by atoms with E-state index >= 15 is 0 Å². The van der Waals surface area contributed by atoms with E-state index < -0.39 is 10.0 Å². The summed E-state index contributed by atoms with van der Waals surface area (Å²) in [7, 11) is -2.11. The quantitative estimate of drug-likeness (QED) is 0.882. The monoisotopic (exact) mass is 249 g/mol. The summed E-state index contributed by atoms with van der Waals surface area (Å²) in [5.74, 6) is 0. The van der Waals surface area contributed by atoms with Gasteiger partial charge in [0.05, 0.1) is 10.6 Å². The van der Waals surface area contributed by atoms with Gasteiger partial charge in [-0.2, -0.15) is 0 Å². The molecule has 17 heavy (non-hydrogen) atoms. The summed E-state index contributed by atoms with van der Waals surface area (Å²) < 4.78 is 26.0. The number of hydrogen-bond acceptors (Lipinski definition) is 4. The van der Waals surface area contributed by atoms with Crippen molar-refractivity contribution < 1.29 is 8.42 Å². The number of aromatic nitrogens is 2. The highest BCUT2D eigenvalue weighted by atomic mass is 32.2. The van der Waals surface area contributed by atoms with E-state index in [1.54, 1.807) is 36.5 Å². The Morgan fingerprint density at radius 3 is 2.59 bits per heavy atom. The van der Waals surface area contributed by atoms with Gasteiger partial charge in [-0.3, -0.25) is 0 Å². The molecule has 1 aromatic heterocycles. The third-order valence-electron chi connectivity index (χ3n) is 2.30. The minimum atomic E-state index is -3.49. The Balaban J connectivity index is 2.65. The third kappa shape index (κ3) is 2.32. The molecule has 2 aromatic rings. The van der Waals surface area contributed by atoms with E-state index in [4.69, 9.17) is 0 Å². The lowest BCUT2D eigenvalue weighted by atomic mass is 10.1. The van der Waals surface area contributed by atoms with Crippen molar-refractivity contribution in [1.82, 2.24) is 14.7 Å². The van der Waals surface area contributed by atoms with Crippen LogP contribution in [0.15, 0.2) is 47.8 Å². The van der Waals surface area contributed by atoms with Gasteiger partial charge in [0.2, 0.25) is 10.0 Å². The highest BCUT2D eigenvalue weighted by Crippen LogP contribution is 2.24. The molecule has 0 fully saturated rings. The van der Waals surface area contributed by atoms with Crippen molar-refractivity contribution in [2.75, 3.05) is 7.05 Å². The molecule has 2 rings (SSSR count). The summed E-state index contributed by atoms with van der Waals surface area (Å²) in [5, 5.41) is 0. The molecular formula is C11H11N3O2S. The zero-order chi connectivity index (χ0) is 12.3. The van der Waals surface area contributed by atoms with Crippen molar-refractivity contribution in [2.24, 2.45) is 0 Å². The number of nitrogens with one attached hydrogen (secondary N) is 1. The zero-order valence-electron chi connectivity index (χ0n) is 9.16. The Labute approximate surface area is 99.6 Å². The maximum absolute atomic E-state index is 11.8. The van der Waals surface area contributed by atoms with Crippen LogP contribution in [0.1, 0.15) is 0 Å². The molecule has 0 radical (unpaired) electrons. The van der Waals surface area contributed by atoms with Crippen molar-refractivity contribution in [3.05, 3.63) is 42.9 Å². The molecule has 0 amide bonds. The van der Waals surface area contributed by atoms with Crippen LogP contribution in [0.3, 0.4) is 0 Å². The van der Waals surface area contributed by atoms with Gasteiger partial charge in [0, 0.05) is 11.8 Å². The summed E-state index contributed by atoms with van der Waals surface area (Å²) in [6.45, 7) is 0. The first-order valence-corrected chi connectivity index (χ1v) is 6.42. The van der Waals surface area contributed by atoms with E-state index in [9.17, 15) is 8.42 Å². The van der Waals surface area contributed by atoms with Gasteiger partial charge in [0.25, 0.3) is 0 Å². The molecule has 1 aromatic carbocycles. The molecule has 88 valence electrons. The SMILES string of the molecule is CNS(=O)(=O)c1ccccc1-c1ccncn1. The maximum atomic E-state index is 11.8. The van der Waals surface area contributed by atoms with Gasteiger partial charge in [-0.25, -0.2) is 23.1 Å². The van der Waals surface area contributed by atoms with Crippen molar-refractivity contribution in [1.29, 1.82) is 0 Å². The van der Waals surface area contributed by atoms with Gasteiger partial charge in [-0.1, -0.05) is 18.2 Å². The third-order valence-corrected chi connectivity index (χ3v) is 3.78. The minimum absolute atomic E-state index is 0.209. The van der Waals surface area contributed by atoms with Gasteiger partial charge in [-0.15, -0.1) is 0 Å². The molecule has 0 saturated carbocycles. The largest absolute Gasteiger partial charge is 0.245 e. The lowest BCUT2D eigenvalue weighted by molar-refractivity contribution is 0.588. The fourth-order valence-corrected chi connectivity index (χ4v) is 2.41. The highest BCUT2D eigenvalue weighted by Gasteiger charge is 2.17. The van der Waals surface area contributed by atoms with E-state index in [1.165, 1.54) is 13.4 Å². The molecule has 0 aliphatic carbocycles. The molecule has 6 heteroatoms. The first-order valence-electron chi connectivity index (χ1n) is 4.94. The van der Waals surface area contributed by atoms with Crippen LogP contribution in [0, 0.1) is 0 Å². The molecule has 1 heterocycles. The Hall–Kier alpha value is -1.79.